The molecule has 7 nitrogen and oxygen atoms in total. The summed E-state index contributed by atoms with van der Waals surface area (Å²) in [4.78, 5) is 28.6. The first-order chi connectivity index (χ1) is 15.9. The zero-order chi connectivity index (χ0) is 23.8. The average molecular weight is 455 g/mol. The number of rotatable bonds is 9. The largest absolute Gasteiger partial charge is 0.493 e. The summed E-state index contributed by atoms with van der Waals surface area (Å²) < 4.78 is 16.3. The van der Waals surface area contributed by atoms with Crippen molar-refractivity contribution in [2.45, 2.75) is 38.1 Å². The van der Waals surface area contributed by atoms with E-state index in [0.29, 0.717) is 17.1 Å². The van der Waals surface area contributed by atoms with Crippen LogP contribution >= 0.6 is 0 Å². The van der Waals surface area contributed by atoms with E-state index in [9.17, 15) is 9.59 Å². The van der Waals surface area contributed by atoms with Crippen LogP contribution in [0.25, 0.3) is 0 Å². The summed E-state index contributed by atoms with van der Waals surface area (Å²) in [6, 6.07) is 13.3. The minimum absolute atomic E-state index is 0.0106. The zero-order valence-corrected chi connectivity index (χ0v) is 20.0. The molecule has 2 aromatic carbocycles. The smallest absolute Gasteiger partial charge is 0.259 e. The van der Waals surface area contributed by atoms with Gasteiger partial charge in [0.15, 0.2) is 18.1 Å². The number of aryl methyl sites for hydroxylation is 1. The molecule has 1 heterocycles. The lowest BCUT2D eigenvalue weighted by molar-refractivity contribution is -0.130. The fourth-order valence-electron chi connectivity index (χ4n) is 4.10. The van der Waals surface area contributed by atoms with Gasteiger partial charge in [-0.1, -0.05) is 12.1 Å². The highest BCUT2D eigenvalue weighted by molar-refractivity contribution is 5.95. The molecule has 1 aliphatic rings. The molecule has 0 spiro atoms. The van der Waals surface area contributed by atoms with Crippen LogP contribution in [0.2, 0.25) is 0 Å². The third kappa shape index (κ3) is 6.40. The number of likely N-dealkylation sites (tertiary alicyclic amines) is 1. The van der Waals surface area contributed by atoms with E-state index >= 15 is 0 Å². The van der Waals surface area contributed by atoms with Gasteiger partial charge in [-0.2, -0.15) is 0 Å². The second-order valence-corrected chi connectivity index (χ2v) is 8.48. The minimum atomic E-state index is -0.127. The Hall–Kier alpha value is -3.22. The molecule has 0 aromatic heterocycles. The standard InChI is InChI=1S/C26H34N2O5/c1-27(2)25(29)18-33-22-10-7-8-20(17-22)26(30)28-15-6-5-9-21(28)13-11-19-12-14-23(31-3)24(16-19)32-4/h7-8,10,12,14,16-17,21H,5-6,9,11,13,15,18H2,1-4H3. The maximum absolute atomic E-state index is 13.4. The summed E-state index contributed by atoms with van der Waals surface area (Å²) in [5.74, 6) is 1.84. The SMILES string of the molecule is COc1ccc(CCC2CCCCN2C(=O)c2cccc(OCC(=O)N(C)C)c2)cc1OC. The van der Waals surface area contributed by atoms with Crippen LogP contribution < -0.4 is 14.2 Å². The van der Waals surface area contributed by atoms with Crippen LogP contribution in [0.5, 0.6) is 17.2 Å². The Morgan fingerprint density at radius 3 is 2.55 bits per heavy atom. The molecule has 3 rings (SSSR count). The normalized spacial score (nSPS) is 15.6. The number of amides is 2. The zero-order valence-electron chi connectivity index (χ0n) is 20.0. The summed E-state index contributed by atoms with van der Waals surface area (Å²) in [5.41, 5.74) is 1.74. The highest BCUT2D eigenvalue weighted by Crippen LogP contribution is 2.29. The molecule has 7 heteroatoms. The van der Waals surface area contributed by atoms with Gasteiger partial charge in [0.2, 0.25) is 0 Å². The van der Waals surface area contributed by atoms with Crippen LogP contribution in [0.15, 0.2) is 42.5 Å². The van der Waals surface area contributed by atoms with E-state index in [2.05, 4.69) is 0 Å². The van der Waals surface area contributed by atoms with E-state index in [4.69, 9.17) is 14.2 Å². The number of nitrogens with zero attached hydrogens (tertiary/aromatic N) is 2. The highest BCUT2D eigenvalue weighted by atomic mass is 16.5. The van der Waals surface area contributed by atoms with Crippen molar-refractivity contribution >= 4 is 11.8 Å². The molecule has 33 heavy (non-hydrogen) atoms. The van der Waals surface area contributed by atoms with Gasteiger partial charge in [0.25, 0.3) is 11.8 Å². The van der Waals surface area contributed by atoms with Gasteiger partial charge in [-0.05, 0) is 68.0 Å². The Morgan fingerprint density at radius 1 is 1.03 bits per heavy atom. The van der Waals surface area contributed by atoms with Gasteiger partial charge >= 0.3 is 0 Å². The topological polar surface area (TPSA) is 68.3 Å². The van der Waals surface area contributed by atoms with Crippen molar-refractivity contribution in [2.24, 2.45) is 0 Å². The van der Waals surface area contributed by atoms with E-state index < -0.39 is 0 Å². The van der Waals surface area contributed by atoms with Crippen molar-refractivity contribution in [3.63, 3.8) is 0 Å². The third-order valence-corrected chi connectivity index (χ3v) is 6.04. The Balaban J connectivity index is 1.66. The molecule has 1 fully saturated rings. The Bertz CT molecular complexity index is 959. The number of likely N-dealkylation sites (N-methyl/N-ethyl adjacent to an activating group) is 1. The van der Waals surface area contributed by atoms with Gasteiger partial charge in [0.1, 0.15) is 5.75 Å². The van der Waals surface area contributed by atoms with Crippen molar-refractivity contribution in [2.75, 3.05) is 41.5 Å². The van der Waals surface area contributed by atoms with Crippen LogP contribution in [0.3, 0.4) is 0 Å². The number of ether oxygens (including phenoxy) is 3. The van der Waals surface area contributed by atoms with E-state index in [-0.39, 0.29) is 24.5 Å². The van der Waals surface area contributed by atoms with Crippen LogP contribution in [-0.4, -0.2) is 69.1 Å². The summed E-state index contributed by atoms with van der Waals surface area (Å²) in [6.07, 6.45) is 4.86. The first-order valence-corrected chi connectivity index (χ1v) is 11.4. The molecule has 1 aliphatic heterocycles. The van der Waals surface area contributed by atoms with Crippen LogP contribution in [0, 0.1) is 0 Å². The van der Waals surface area contributed by atoms with Gasteiger partial charge in [-0.25, -0.2) is 0 Å². The predicted octanol–water partition coefficient (Wildman–Crippen LogP) is 3.80. The monoisotopic (exact) mass is 454 g/mol. The van der Waals surface area contributed by atoms with Crippen molar-refractivity contribution in [3.8, 4) is 17.2 Å². The number of carbonyl (C=O) groups is 2. The predicted molar refractivity (Wildman–Crippen MR) is 127 cm³/mol. The summed E-state index contributed by atoms with van der Waals surface area (Å²) in [6.45, 7) is 0.696. The Morgan fingerprint density at radius 2 is 1.82 bits per heavy atom. The summed E-state index contributed by atoms with van der Waals surface area (Å²) in [7, 11) is 6.63. The molecule has 2 aromatic rings. The molecule has 1 unspecified atom stereocenters. The quantitative estimate of drug-likeness (QED) is 0.577. The maximum Gasteiger partial charge on any atom is 0.259 e. The molecule has 0 radical (unpaired) electrons. The second kappa shape index (κ2) is 11.6. The number of piperidine rings is 1. The lowest BCUT2D eigenvalue weighted by Crippen LogP contribution is -2.44. The van der Waals surface area contributed by atoms with Gasteiger partial charge in [-0.15, -0.1) is 0 Å². The van der Waals surface area contributed by atoms with Gasteiger partial charge < -0.3 is 24.0 Å². The fraction of sp³-hybridized carbons (Fsp3) is 0.462. The number of methoxy groups -OCH3 is 2. The number of carbonyl (C=O) groups excluding carboxylic acids is 2. The second-order valence-electron chi connectivity index (χ2n) is 8.48. The first-order valence-electron chi connectivity index (χ1n) is 11.4. The Labute approximate surface area is 196 Å². The van der Waals surface area contributed by atoms with Gasteiger partial charge in [-0.3, -0.25) is 9.59 Å². The molecule has 0 N–H and O–H groups in total. The van der Waals surface area contributed by atoms with Crippen molar-refractivity contribution < 1.29 is 23.8 Å². The Kier molecular flexibility index (Phi) is 8.58. The molecule has 178 valence electrons. The number of benzene rings is 2. The molecular weight excluding hydrogens is 420 g/mol. The molecule has 0 saturated carbocycles. The molecule has 2 amide bonds. The highest BCUT2D eigenvalue weighted by Gasteiger charge is 2.27. The van der Waals surface area contributed by atoms with Gasteiger partial charge in [0.05, 0.1) is 14.2 Å². The lowest BCUT2D eigenvalue weighted by atomic mass is 9.95. The molecule has 0 bridgehead atoms. The average Bonchev–Trinajstić information content (AvgIpc) is 2.85. The number of hydrogen-bond acceptors (Lipinski definition) is 5. The first kappa shape index (κ1) is 24.4. The third-order valence-electron chi connectivity index (χ3n) is 6.04. The molecule has 0 aliphatic carbocycles. The van der Waals surface area contributed by atoms with E-state index in [1.165, 1.54) is 4.90 Å². The maximum atomic E-state index is 13.4. The van der Waals surface area contributed by atoms with Crippen molar-refractivity contribution in [1.82, 2.24) is 9.80 Å². The van der Waals surface area contributed by atoms with E-state index in [1.54, 1.807) is 46.5 Å². The van der Waals surface area contributed by atoms with Crippen LogP contribution in [-0.2, 0) is 11.2 Å². The lowest BCUT2D eigenvalue weighted by Gasteiger charge is -2.36. The van der Waals surface area contributed by atoms with Crippen LogP contribution in [0.4, 0.5) is 0 Å². The minimum Gasteiger partial charge on any atom is -0.493 e. The summed E-state index contributed by atoms with van der Waals surface area (Å²) >= 11 is 0. The van der Waals surface area contributed by atoms with Crippen LogP contribution in [0.1, 0.15) is 41.6 Å². The van der Waals surface area contributed by atoms with E-state index in [1.807, 2.05) is 29.2 Å². The fourth-order valence-corrected chi connectivity index (χ4v) is 4.10. The van der Waals surface area contributed by atoms with Crippen molar-refractivity contribution in [3.05, 3.63) is 53.6 Å². The van der Waals surface area contributed by atoms with E-state index in [0.717, 1.165) is 50.0 Å². The van der Waals surface area contributed by atoms with Crippen molar-refractivity contribution in [1.29, 1.82) is 0 Å². The molecular formula is C26H34N2O5. The summed E-state index contributed by atoms with van der Waals surface area (Å²) in [5, 5.41) is 0. The molecule has 1 saturated heterocycles. The number of hydrogen-bond donors (Lipinski definition) is 0. The molecule has 1 atom stereocenters. The van der Waals surface area contributed by atoms with Gasteiger partial charge in [0, 0.05) is 32.2 Å².